The van der Waals surface area contributed by atoms with E-state index in [1.165, 1.54) is 17.2 Å². The van der Waals surface area contributed by atoms with Gasteiger partial charge in [-0.25, -0.2) is 0 Å². The highest BCUT2D eigenvalue weighted by Gasteiger charge is 2.50. The van der Waals surface area contributed by atoms with E-state index >= 15 is 0 Å². The molecule has 5 atom stereocenters. The van der Waals surface area contributed by atoms with Crippen LogP contribution >= 0.6 is 15.9 Å². The number of carbonyl (C=O) groups is 5. The lowest BCUT2D eigenvalue weighted by Gasteiger charge is -2.40. The maximum atomic E-state index is 14.6. The summed E-state index contributed by atoms with van der Waals surface area (Å²) in [5.74, 6) is -1.03. The first-order chi connectivity index (χ1) is 37.0. The van der Waals surface area contributed by atoms with Crippen molar-refractivity contribution in [2.75, 3.05) is 53.1 Å². The molecular weight excluding hydrogens is 1060 g/mol. The van der Waals surface area contributed by atoms with Crippen molar-refractivity contribution in [1.82, 2.24) is 41.0 Å². The third kappa shape index (κ3) is 14.8. The Morgan fingerprint density at radius 3 is 2.36 bits per heavy atom. The monoisotopic (exact) mass is 1130 g/mol. The summed E-state index contributed by atoms with van der Waals surface area (Å²) in [6.45, 7) is 7.16. The number of carbonyl (C=O) groups excluding carboxylic acids is 5. The summed E-state index contributed by atoms with van der Waals surface area (Å²) in [5.41, 5.74) is 3.15. The number of hydrogen-bond acceptors (Lipinski definition) is 10. The fourth-order valence-electron chi connectivity index (χ4n) is 12.5. The summed E-state index contributed by atoms with van der Waals surface area (Å²) in [7, 11) is 1.71. The van der Waals surface area contributed by atoms with Crippen LogP contribution < -0.4 is 21.3 Å². The van der Waals surface area contributed by atoms with Crippen molar-refractivity contribution in [3.05, 3.63) is 92.5 Å². The van der Waals surface area contributed by atoms with E-state index in [0.717, 1.165) is 48.6 Å². The number of hydrogen-bond donors (Lipinski definition) is 4. The summed E-state index contributed by atoms with van der Waals surface area (Å²) >= 11 is 3.59. The highest BCUT2D eigenvalue weighted by Crippen LogP contribution is 2.48. The summed E-state index contributed by atoms with van der Waals surface area (Å²) in [4.78, 5) is 77.7. The van der Waals surface area contributed by atoms with Crippen molar-refractivity contribution in [2.24, 2.45) is 23.2 Å². The molecule has 2 aliphatic heterocycles. The van der Waals surface area contributed by atoms with Crippen molar-refractivity contribution < 1.29 is 46.6 Å². The fourth-order valence-corrected chi connectivity index (χ4v) is 12.9. The molecule has 3 aliphatic carbocycles. The number of aryl methyl sites for hydroxylation is 2. The van der Waals surface area contributed by atoms with Gasteiger partial charge in [-0.05, 0) is 142 Å². The number of fused-ring (bicyclic) bond motifs is 2. The van der Waals surface area contributed by atoms with Gasteiger partial charge in [0.05, 0.1) is 35.2 Å². The molecule has 5 amide bonds. The molecule has 8 rings (SSSR count). The molecule has 77 heavy (non-hydrogen) atoms. The minimum atomic E-state index is -4.62. The largest absolute Gasteiger partial charge is 0.418 e. The molecule has 2 saturated carbocycles. The first-order valence-electron chi connectivity index (χ1n) is 28.1. The minimum absolute atomic E-state index is 0.0169. The average molecular weight is 1140 g/mol. The van der Waals surface area contributed by atoms with Crippen molar-refractivity contribution >= 4 is 45.5 Å². The van der Waals surface area contributed by atoms with E-state index in [9.17, 15) is 37.1 Å². The van der Waals surface area contributed by atoms with Gasteiger partial charge < -0.3 is 40.5 Å². The number of likely N-dealkylation sites (tertiary alicyclic amines) is 1. The van der Waals surface area contributed by atoms with Crippen molar-refractivity contribution in [2.45, 2.75) is 160 Å². The summed E-state index contributed by atoms with van der Waals surface area (Å²) in [6, 6.07) is 11.4. The second-order valence-electron chi connectivity index (χ2n) is 22.3. The Morgan fingerprint density at radius 2 is 1.62 bits per heavy atom. The molecular formula is C58H78BrF3N8O7. The van der Waals surface area contributed by atoms with E-state index in [0.29, 0.717) is 109 Å². The van der Waals surface area contributed by atoms with Crippen LogP contribution in [0.1, 0.15) is 155 Å². The summed E-state index contributed by atoms with van der Waals surface area (Å²) in [5, 5.41) is 12.8. The van der Waals surface area contributed by atoms with E-state index in [1.54, 1.807) is 35.3 Å². The van der Waals surface area contributed by atoms with Gasteiger partial charge in [0.2, 0.25) is 29.5 Å². The molecule has 420 valence electrons. The van der Waals surface area contributed by atoms with Crippen LogP contribution in [0.5, 0.6) is 0 Å². The van der Waals surface area contributed by atoms with Gasteiger partial charge in [0.15, 0.2) is 0 Å². The van der Waals surface area contributed by atoms with Crippen LogP contribution in [0.15, 0.2) is 53.3 Å². The van der Waals surface area contributed by atoms with Gasteiger partial charge in [0, 0.05) is 119 Å². The molecule has 19 heteroatoms. The standard InChI is InChI=1S/C58H78BrF3N8O7/c1-37(2)57(22-20-44(34-57)66-49-19-14-39-31-42(59)15-18-45(39)49)56(75)70-26-21-48-41(36-70)32-47(58(60,61)62)50(68-48)10-7-24-64-54(73)38-12-16-43(17-13-38)67-51(71)11-8-29-76-27-4-5-28-77-30-25-65-55(74)46-33-52(72)69(3)53(46)40-9-6-23-63-35-40/h6,9,15,18,23,31-32,35,37-38,43-44,46,49,53,66H,4-5,7-8,10-14,16-17,19-22,24-30,33-34,36H2,1-3H3,(H,64,73)(H,65,74)(H,67,71)/t38?,43?,44-,46+,49-,53-,57+/m1/s1. The molecule has 2 aromatic heterocycles. The molecule has 0 spiro atoms. The smallest absolute Gasteiger partial charge is 0.381 e. The predicted octanol–water partition coefficient (Wildman–Crippen LogP) is 8.27. The summed E-state index contributed by atoms with van der Waals surface area (Å²) < 4.78 is 56.3. The topological polar surface area (TPSA) is 184 Å². The normalized spacial score (nSPS) is 24.2. The highest BCUT2D eigenvalue weighted by molar-refractivity contribution is 9.10. The maximum Gasteiger partial charge on any atom is 0.418 e. The molecule has 3 aromatic rings. The number of benzene rings is 1. The lowest BCUT2D eigenvalue weighted by Crippen LogP contribution is -2.48. The highest BCUT2D eigenvalue weighted by atomic mass is 79.9. The average Bonchev–Trinajstić information content (AvgIpc) is 4.14. The number of halogens is 4. The molecule has 0 bridgehead atoms. The Kier molecular flexibility index (Phi) is 20.2. The van der Waals surface area contributed by atoms with Crippen LogP contribution in [0.25, 0.3) is 0 Å². The van der Waals surface area contributed by atoms with Crippen molar-refractivity contribution in [3.8, 4) is 0 Å². The number of amides is 5. The second-order valence-corrected chi connectivity index (χ2v) is 23.2. The van der Waals surface area contributed by atoms with Crippen molar-refractivity contribution in [3.63, 3.8) is 0 Å². The first-order valence-corrected chi connectivity index (χ1v) is 28.9. The number of pyridine rings is 2. The molecule has 0 radical (unpaired) electrons. The maximum absolute atomic E-state index is 14.6. The third-order valence-corrected chi connectivity index (χ3v) is 17.4. The van der Waals surface area contributed by atoms with Crippen LogP contribution in [0.3, 0.4) is 0 Å². The van der Waals surface area contributed by atoms with E-state index in [1.807, 2.05) is 6.07 Å². The van der Waals surface area contributed by atoms with Gasteiger partial charge in [-0.3, -0.25) is 33.9 Å². The second kappa shape index (κ2) is 26.8. The zero-order valence-corrected chi connectivity index (χ0v) is 46.6. The summed E-state index contributed by atoms with van der Waals surface area (Å²) in [6.07, 6.45) is 9.03. The van der Waals surface area contributed by atoms with Crippen LogP contribution in [0.4, 0.5) is 13.2 Å². The number of nitrogens with one attached hydrogen (secondary N) is 4. The molecule has 4 N–H and O–H groups in total. The van der Waals surface area contributed by atoms with Crippen LogP contribution in [0.2, 0.25) is 0 Å². The number of nitrogens with zero attached hydrogens (tertiary/aromatic N) is 4. The van der Waals surface area contributed by atoms with E-state index in [-0.39, 0.29) is 97.2 Å². The van der Waals surface area contributed by atoms with E-state index in [4.69, 9.17) is 9.47 Å². The van der Waals surface area contributed by atoms with Gasteiger partial charge in [-0.2, -0.15) is 13.2 Å². The molecule has 0 unspecified atom stereocenters. The van der Waals surface area contributed by atoms with Gasteiger partial charge in [0.25, 0.3) is 0 Å². The first kappa shape index (κ1) is 58.2. The Bertz CT molecular complexity index is 2530. The van der Waals surface area contributed by atoms with Crippen LogP contribution in [-0.2, 0) is 65.4 Å². The van der Waals surface area contributed by atoms with Crippen LogP contribution in [-0.4, -0.2) is 114 Å². The molecule has 5 aliphatic rings. The Hall–Kier alpha value is -4.98. The Morgan fingerprint density at radius 1 is 0.870 bits per heavy atom. The molecule has 1 aromatic carbocycles. The Balaban J connectivity index is 0.670. The number of aromatic nitrogens is 2. The van der Waals surface area contributed by atoms with Gasteiger partial charge in [0.1, 0.15) is 0 Å². The lowest BCUT2D eigenvalue weighted by atomic mass is 9.74. The van der Waals surface area contributed by atoms with E-state index < -0.39 is 23.1 Å². The molecule has 3 fully saturated rings. The van der Waals surface area contributed by atoms with E-state index in [2.05, 4.69) is 79.2 Å². The number of ether oxygens (including phenoxy) is 2. The molecule has 1 saturated heterocycles. The Labute approximate surface area is 459 Å². The minimum Gasteiger partial charge on any atom is -0.381 e. The zero-order chi connectivity index (χ0) is 54.7. The van der Waals surface area contributed by atoms with Crippen molar-refractivity contribution in [1.29, 1.82) is 0 Å². The number of unbranched alkanes of at least 4 members (excludes halogenated alkanes) is 1. The fraction of sp³-hybridized carbons (Fsp3) is 0.638. The van der Waals surface area contributed by atoms with Crippen LogP contribution in [0, 0.1) is 23.2 Å². The quantitative estimate of drug-likeness (QED) is 0.0637. The SMILES string of the molecule is CC(C)[C@]1(C(=O)N2CCc3nc(CCCNC(=O)C4CCC(NC(=O)CCCOCCCCOCCNC(=O)[C@H]5CC(=O)N(C)[C@@H]5c5cccnc5)CC4)c(C(F)(F)F)cc3C2)CC[C@@H](N[C@@H]2CCc3cc(Br)ccc32)C1. The third-order valence-electron chi connectivity index (χ3n) is 16.9. The predicted molar refractivity (Wildman–Crippen MR) is 288 cm³/mol. The van der Waals surface area contributed by atoms with Gasteiger partial charge in [-0.15, -0.1) is 0 Å². The molecule has 15 nitrogen and oxygen atoms in total. The van der Waals surface area contributed by atoms with Gasteiger partial charge in [-0.1, -0.05) is 41.9 Å². The van der Waals surface area contributed by atoms with Gasteiger partial charge >= 0.3 is 6.18 Å². The number of alkyl halides is 3. The molecule has 4 heterocycles. The zero-order valence-electron chi connectivity index (χ0n) is 45.0. The lowest BCUT2D eigenvalue weighted by molar-refractivity contribution is -0.146. The number of rotatable bonds is 24.